The Labute approximate surface area is 117 Å². The summed E-state index contributed by atoms with van der Waals surface area (Å²) < 4.78 is 5.42. The van der Waals surface area contributed by atoms with Crippen molar-refractivity contribution in [3.05, 3.63) is 29.3 Å². The van der Waals surface area contributed by atoms with Crippen molar-refractivity contribution in [1.82, 2.24) is 5.32 Å². The Morgan fingerprint density at radius 1 is 1.32 bits per heavy atom. The number of ether oxygens (including phenoxy) is 1. The van der Waals surface area contributed by atoms with Crippen LogP contribution in [0.2, 0.25) is 0 Å². The van der Waals surface area contributed by atoms with Crippen molar-refractivity contribution in [3.8, 4) is 5.75 Å². The van der Waals surface area contributed by atoms with Crippen LogP contribution < -0.4 is 10.1 Å². The first-order valence-corrected chi connectivity index (χ1v) is 6.91. The number of aliphatic hydroxyl groups is 1. The Morgan fingerprint density at radius 3 is 2.42 bits per heavy atom. The highest BCUT2D eigenvalue weighted by atomic mass is 16.5. The van der Waals surface area contributed by atoms with Gasteiger partial charge in [0.2, 0.25) is 0 Å². The predicted octanol–water partition coefficient (Wildman–Crippen LogP) is 3.02. The molecule has 0 radical (unpaired) electrons. The standard InChI is InChI=1S/C16H27NO2/c1-7-17-11(2)15(18)12-8-9-14(19-6)13(10-12)16(3,4)5/h8-11,15,17-18H,7H2,1-6H3. The highest BCUT2D eigenvalue weighted by Gasteiger charge is 2.22. The molecule has 0 saturated carbocycles. The summed E-state index contributed by atoms with van der Waals surface area (Å²) in [5, 5.41) is 13.6. The van der Waals surface area contributed by atoms with Gasteiger partial charge in [0.05, 0.1) is 13.2 Å². The van der Waals surface area contributed by atoms with E-state index in [0.717, 1.165) is 23.4 Å². The van der Waals surface area contributed by atoms with Crippen molar-refractivity contribution < 1.29 is 9.84 Å². The molecule has 1 aromatic carbocycles. The monoisotopic (exact) mass is 265 g/mol. The van der Waals surface area contributed by atoms with Gasteiger partial charge in [0.1, 0.15) is 5.75 Å². The van der Waals surface area contributed by atoms with Gasteiger partial charge in [-0.05, 0) is 42.1 Å². The lowest BCUT2D eigenvalue weighted by atomic mass is 9.84. The molecule has 2 N–H and O–H groups in total. The summed E-state index contributed by atoms with van der Waals surface area (Å²) in [5.41, 5.74) is 2.04. The van der Waals surface area contributed by atoms with Crippen LogP contribution >= 0.6 is 0 Å². The van der Waals surface area contributed by atoms with E-state index in [9.17, 15) is 5.11 Å². The van der Waals surface area contributed by atoms with Gasteiger partial charge in [0, 0.05) is 6.04 Å². The Balaban J connectivity index is 3.11. The SMILES string of the molecule is CCNC(C)C(O)c1ccc(OC)c(C(C)(C)C)c1. The molecule has 0 fully saturated rings. The molecule has 1 rings (SSSR count). The van der Waals surface area contributed by atoms with Gasteiger partial charge in [0.15, 0.2) is 0 Å². The van der Waals surface area contributed by atoms with E-state index in [1.807, 2.05) is 26.0 Å². The number of nitrogens with one attached hydrogen (secondary N) is 1. The molecular formula is C16H27NO2. The Bertz CT molecular complexity index is 410. The van der Waals surface area contributed by atoms with Crippen LogP contribution in [0.5, 0.6) is 5.75 Å². The zero-order valence-corrected chi connectivity index (χ0v) is 12.9. The number of hydrogen-bond acceptors (Lipinski definition) is 3. The maximum Gasteiger partial charge on any atom is 0.122 e. The Kier molecular flexibility index (Phi) is 5.39. The molecule has 3 nitrogen and oxygen atoms in total. The van der Waals surface area contributed by atoms with Gasteiger partial charge in [-0.25, -0.2) is 0 Å². The van der Waals surface area contributed by atoms with Gasteiger partial charge in [-0.3, -0.25) is 0 Å². The second-order valence-corrected chi connectivity index (χ2v) is 6.00. The highest BCUT2D eigenvalue weighted by molar-refractivity contribution is 5.42. The van der Waals surface area contributed by atoms with E-state index in [-0.39, 0.29) is 11.5 Å². The molecule has 0 aliphatic heterocycles. The molecule has 0 amide bonds. The van der Waals surface area contributed by atoms with Crippen molar-refractivity contribution in [2.75, 3.05) is 13.7 Å². The van der Waals surface area contributed by atoms with E-state index in [0.29, 0.717) is 0 Å². The van der Waals surface area contributed by atoms with E-state index in [1.165, 1.54) is 0 Å². The number of methoxy groups -OCH3 is 1. The zero-order chi connectivity index (χ0) is 14.6. The summed E-state index contributed by atoms with van der Waals surface area (Å²) >= 11 is 0. The summed E-state index contributed by atoms with van der Waals surface area (Å²) in [6, 6.07) is 5.97. The second-order valence-electron chi connectivity index (χ2n) is 6.00. The average molecular weight is 265 g/mol. The van der Waals surface area contributed by atoms with Crippen molar-refractivity contribution >= 4 is 0 Å². The van der Waals surface area contributed by atoms with Crippen LogP contribution in [0.1, 0.15) is 51.8 Å². The molecule has 0 heterocycles. The molecule has 2 atom stereocenters. The van der Waals surface area contributed by atoms with Crippen molar-refractivity contribution in [2.24, 2.45) is 0 Å². The maximum atomic E-state index is 10.4. The summed E-state index contributed by atoms with van der Waals surface area (Å²) in [6.07, 6.45) is -0.507. The molecule has 19 heavy (non-hydrogen) atoms. The third-order valence-corrected chi connectivity index (χ3v) is 3.37. The highest BCUT2D eigenvalue weighted by Crippen LogP contribution is 2.33. The summed E-state index contributed by atoms with van der Waals surface area (Å²) in [6.45, 7) is 11.3. The third-order valence-electron chi connectivity index (χ3n) is 3.37. The minimum atomic E-state index is -0.507. The first-order chi connectivity index (χ1) is 8.81. The van der Waals surface area contributed by atoms with Crippen molar-refractivity contribution in [3.63, 3.8) is 0 Å². The fraction of sp³-hybridized carbons (Fsp3) is 0.625. The van der Waals surface area contributed by atoms with E-state index >= 15 is 0 Å². The fourth-order valence-electron chi connectivity index (χ4n) is 2.22. The zero-order valence-electron chi connectivity index (χ0n) is 12.9. The molecule has 0 aromatic heterocycles. The van der Waals surface area contributed by atoms with Crippen LogP contribution in [0.25, 0.3) is 0 Å². The topological polar surface area (TPSA) is 41.5 Å². The third kappa shape index (κ3) is 3.95. The van der Waals surface area contributed by atoms with Crippen LogP contribution in [-0.4, -0.2) is 24.8 Å². The molecule has 0 saturated heterocycles. The quantitative estimate of drug-likeness (QED) is 0.860. The average Bonchev–Trinajstić information content (AvgIpc) is 2.36. The van der Waals surface area contributed by atoms with E-state index < -0.39 is 6.10 Å². The first kappa shape index (κ1) is 16.0. The number of rotatable bonds is 5. The fourth-order valence-corrected chi connectivity index (χ4v) is 2.22. The van der Waals surface area contributed by atoms with Gasteiger partial charge in [-0.1, -0.05) is 33.8 Å². The number of likely N-dealkylation sites (N-methyl/N-ethyl adjacent to an activating group) is 1. The summed E-state index contributed by atoms with van der Waals surface area (Å²) in [7, 11) is 1.68. The van der Waals surface area contributed by atoms with Gasteiger partial charge < -0.3 is 15.2 Å². The molecule has 2 unspecified atom stereocenters. The molecular weight excluding hydrogens is 238 g/mol. The predicted molar refractivity (Wildman–Crippen MR) is 79.8 cm³/mol. The Hall–Kier alpha value is -1.06. The molecule has 108 valence electrons. The molecule has 3 heteroatoms. The summed E-state index contributed by atoms with van der Waals surface area (Å²) in [4.78, 5) is 0. The minimum Gasteiger partial charge on any atom is -0.496 e. The minimum absolute atomic E-state index is 0.0114. The smallest absolute Gasteiger partial charge is 0.122 e. The lowest BCUT2D eigenvalue weighted by Crippen LogP contribution is -2.32. The summed E-state index contributed by atoms with van der Waals surface area (Å²) in [5.74, 6) is 0.875. The number of benzene rings is 1. The molecule has 0 aliphatic rings. The van der Waals surface area contributed by atoms with Crippen molar-refractivity contribution in [1.29, 1.82) is 0 Å². The molecule has 0 bridgehead atoms. The van der Waals surface area contributed by atoms with Crippen LogP contribution in [0.3, 0.4) is 0 Å². The van der Waals surface area contributed by atoms with Gasteiger partial charge >= 0.3 is 0 Å². The molecule has 0 aliphatic carbocycles. The normalized spacial score (nSPS) is 15.1. The number of hydrogen-bond donors (Lipinski definition) is 2. The van der Waals surface area contributed by atoms with Crippen molar-refractivity contribution in [2.45, 2.75) is 52.2 Å². The molecule has 1 aromatic rings. The van der Waals surface area contributed by atoms with Crippen LogP contribution in [-0.2, 0) is 5.41 Å². The van der Waals surface area contributed by atoms with E-state index in [1.54, 1.807) is 7.11 Å². The van der Waals surface area contributed by atoms with Gasteiger partial charge in [0.25, 0.3) is 0 Å². The van der Waals surface area contributed by atoms with Gasteiger partial charge in [-0.2, -0.15) is 0 Å². The van der Waals surface area contributed by atoms with E-state index in [4.69, 9.17) is 4.74 Å². The van der Waals surface area contributed by atoms with E-state index in [2.05, 4.69) is 32.2 Å². The number of aliphatic hydroxyl groups excluding tert-OH is 1. The van der Waals surface area contributed by atoms with Crippen LogP contribution in [0.15, 0.2) is 18.2 Å². The largest absolute Gasteiger partial charge is 0.496 e. The second kappa shape index (κ2) is 6.40. The first-order valence-electron chi connectivity index (χ1n) is 6.91. The lowest BCUT2D eigenvalue weighted by Gasteiger charge is -2.25. The van der Waals surface area contributed by atoms with Gasteiger partial charge in [-0.15, -0.1) is 0 Å². The maximum absolute atomic E-state index is 10.4. The van der Waals surface area contributed by atoms with Crippen LogP contribution in [0.4, 0.5) is 0 Å². The lowest BCUT2D eigenvalue weighted by molar-refractivity contribution is 0.137. The molecule has 0 spiro atoms. The Morgan fingerprint density at radius 2 is 1.95 bits per heavy atom. The van der Waals surface area contributed by atoms with Crippen LogP contribution in [0, 0.1) is 0 Å².